The Morgan fingerprint density at radius 1 is 1.37 bits per heavy atom. The van der Waals surface area contributed by atoms with E-state index in [2.05, 4.69) is 37.1 Å². The van der Waals surface area contributed by atoms with Crippen molar-refractivity contribution in [3.8, 4) is 0 Å². The van der Waals surface area contributed by atoms with Crippen molar-refractivity contribution < 1.29 is 5.11 Å². The van der Waals surface area contributed by atoms with Gasteiger partial charge in [0.05, 0.1) is 0 Å². The molecule has 0 aromatic heterocycles. The predicted octanol–water partition coefficient (Wildman–Crippen LogP) is 3.05. The maximum Gasteiger partial charge on any atom is 0.0471 e. The third kappa shape index (κ3) is 4.68. The number of halogens is 1. The van der Waals surface area contributed by atoms with Crippen LogP contribution in [0.25, 0.3) is 0 Å². The Bertz CT molecular complexity index is 382. The van der Waals surface area contributed by atoms with Gasteiger partial charge in [-0.15, -0.1) is 0 Å². The van der Waals surface area contributed by atoms with E-state index in [9.17, 15) is 0 Å². The number of rotatable bonds is 8. The van der Waals surface area contributed by atoms with Crippen molar-refractivity contribution in [2.24, 2.45) is 0 Å². The molecule has 0 fully saturated rings. The van der Waals surface area contributed by atoms with Gasteiger partial charge in [0.1, 0.15) is 0 Å². The standard InChI is InChI=1S/C15H25ClN2O/c1-4-17-11-13-14(16)7-5-8-15(13)18(12(2)3)9-6-10-19/h5,7-8,12,17,19H,4,6,9-11H2,1-3H3. The highest BCUT2D eigenvalue weighted by atomic mass is 35.5. The van der Waals surface area contributed by atoms with Gasteiger partial charge in [-0.1, -0.05) is 24.6 Å². The van der Waals surface area contributed by atoms with Crippen LogP contribution in [0.3, 0.4) is 0 Å². The Kier molecular flexibility index (Phi) is 7.21. The van der Waals surface area contributed by atoms with Gasteiger partial charge >= 0.3 is 0 Å². The van der Waals surface area contributed by atoms with Crippen LogP contribution in [0.4, 0.5) is 5.69 Å². The predicted molar refractivity (Wildman–Crippen MR) is 83.0 cm³/mol. The average Bonchev–Trinajstić information content (AvgIpc) is 2.38. The fourth-order valence-electron chi connectivity index (χ4n) is 2.14. The summed E-state index contributed by atoms with van der Waals surface area (Å²) in [4.78, 5) is 2.30. The van der Waals surface area contributed by atoms with E-state index in [0.717, 1.165) is 42.3 Å². The van der Waals surface area contributed by atoms with Crippen molar-refractivity contribution >= 4 is 17.3 Å². The molecule has 19 heavy (non-hydrogen) atoms. The highest BCUT2D eigenvalue weighted by molar-refractivity contribution is 6.31. The number of nitrogens with zero attached hydrogens (tertiary/aromatic N) is 1. The molecule has 0 unspecified atom stereocenters. The summed E-state index contributed by atoms with van der Waals surface area (Å²) in [6.45, 7) is 9.16. The maximum absolute atomic E-state index is 9.04. The Balaban J connectivity index is 3.03. The molecule has 0 saturated heterocycles. The van der Waals surface area contributed by atoms with Gasteiger partial charge in [0.25, 0.3) is 0 Å². The SMILES string of the molecule is CCNCc1c(Cl)cccc1N(CCCO)C(C)C. The van der Waals surface area contributed by atoms with Crippen LogP contribution in [0.1, 0.15) is 32.8 Å². The first-order valence-electron chi connectivity index (χ1n) is 6.97. The summed E-state index contributed by atoms with van der Waals surface area (Å²) in [7, 11) is 0. The zero-order chi connectivity index (χ0) is 14.3. The highest BCUT2D eigenvalue weighted by Gasteiger charge is 2.15. The van der Waals surface area contributed by atoms with Crippen LogP contribution >= 0.6 is 11.6 Å². The molecule has 0 heterocycles. The van der Waals surface area contributed by atoms with Crippen molar-refractivity contribution in [1.82, 2.24) is 5.32 Å². The first kappa shape index (κ1) is 16.3. The van der Waals surface area contributed by atoms with Crippen LogP contribution < -0.4 is 10.2 Å². The lowest BCUT2D eigenvalue weighted by Gasteiger charge is -2.31. The topological polar surface area (TPSA) is 35.5 Å². The highest BCUT2D eigenvalue weighted by Crippen LogP contribution is 2.29. The van der Waals surface area contributed by atoms with Crippen LogP contribution in [0.15, 0.2) is 18.2 Å². The maximum atomic E-state index is 9.04. The van der Waals surface area contributed by atoms with E-state index < -0.39 is 0 Å². The fourth-order valence-corrected chi connectivity index (χ4v) is 2.38. The largest absolute Gasteiger partial charge is 0.396 e. The molecule has 0 atom stereocenters. The van der Waals surface area contributed by atoms with Crippen molar-refractivity contribution in [3.63, 3.8) is 0 Å². The molecule has 0 aliphatic carbocycles. The minimum absolute atomic E-state index is 0.215. The Morgan fingerprint density at radius 3 is 2.68 bits per heavy atom. The number of aliphatic hydroxyl groups is 1. The molecule has 0 aliphatic heterocycles. The van der Waals surface area contributed by atoms with E-state index in [4.69, 9.17) is 16.7 Å². The number of hydrogen-bond acceptors (Lipinski definition) is 3. The summed E-state index contributed by atoms with van der Waals surface area (Å²) in [5.41, 5.74) is 2.30. The van der Waals surface area contributed by atoms with Crippen molar-refractivity contribution in [2.45, 2.75) is 39.8 Å². The summed E-state index contributed by atoms with van der Waals surface area (Å²) in [5.74, 6) is 0. The van der Waals surface area contributed by atoms with Crippen LogP contribution in [0, 0.1) is 0 Å². The monoisotopic (exact) mass is 284 g/mol. The molecule has 108 valence electrons. The lowest BCUT2D eigenvalue weighted by molar-refractivity contribution is 0.288. The van der Waals surface area contributed by atoms with Crippen LogP contribution in [0.5, 0.6) is 0 Å². The van der Waals surface area contributed by atoms with Crippen LogP contribution in [0.2, 0.25) is 5.02 Å². The number of nitrogens with one attached hydrogen (secondary N) is 1. The molecular formula is C15H25ClN2O. The third-order valence-corrected chi connectivity index (χ3v) is 3.49. The summed E-state index contributed by atoms with van der Waals surface area (Å²) in [6.07, 6.45) is 0.769. The van der Waals surface area contributed by atoms with Gasteiger partial charge < -0.3 is 15.3 Å². The van der Waals surface area contributed by atoms with Gasteiger partial charge in [-0.3, -0.25) is 0 Å². The first-order valence-corrected chi connectivity index (χ1v) is 7.35. The van der Waals surface area contributed by atoms with Gasteiger partial charge in [0.2, 0.25) is 0 Å². The molecule has 0 radical (unpaired) electrons. The van der Waals surface area contributed by atoms with Crippen LogP contribution in [-0.2, 0) is 6.54 Å². The zero-order valence-corrected chi connectivity index (χ0v) is 12.9. The molecule has 0 bridgehead atoms. The molecule has 1 aromatic rings. The van der Waals surface area contributed by atoms with Gasteiger partial charge in [-0.25, -0.2) is 0 Å². The van der Waals surface area contributed by atoms with E-state index in [0.29, 0.717) is 6.04 Å². The van der Waals surface area contributed by atoms with Crippen LogP contribution in [-0.4, -0.2) is 30.8 Å². The molecule has 0 saturated carbocycles. The summed E-state index contributed by atoms with van der Waals surface area (Å²) in [6, 6.07) is 6.41. The molecule has 1 aromatic carbocycles. The summed E-state index contributed by atoms with van der Waals surface area (Å²) < 4.78 is 0. The lowest BCUT2D eigenvalue weighted by Crippen LogP contribution is -2.33. The number of hydrogen-bond donors (Lipinski definition) is 2. The summed E-state index contributed by atoms with van der Waals surface area (Å²) in [5, 5.41) is 13.2. The van der Waals surface area contributed by atoms with Gasteiger partial charge in [0, 0.05) is 42.0 Å². The minimum atomic E-state index is 0.215. The van der Waals surface area contributed by atoms with Crippen molar-refractivity contribution in [1.29, 1.82) is 0 Å². The second-order valence-electron chi connectivity index (χ2n) is 4.88. The second-order valence-corrected chi connectivity index (χ2v) is 5.29. The molecule has 4 heteroatoms. The Morgan fingerprint density at radius 2 is 2.11 bits per heavy atom. The normalized spacial score (nSPS) is 11.1. The van der Waals surface area contributed by atoms with Gasteiger partial charge in [-0.05, 0) is 38.9 Å². The fraction of sp³-hybridized carbons (Fsp3) is 0.600. The first-order chi connectivity index (χ1) is 9.11. The second kappa shape index (κ2) is 8.41. The molecule has 1 rings (SSSR count). The smallest absolute Gasteiger partial charge is 0.0471 e. The van der Waals surface area contributed by atoms with E-state index in [1.165, 1.54) is 0 Å². The summed E-state index contributed by atoms with van der Waals surface area (Å²) >= 11 is 6.33. The van der Waals surface area contributed by atoms with E-state index in [-0.39, 0.29) is 6.61 Å². The van der Waals surface area contributed by atoms with E-state index >= 15 is 0 Å². The third-order valence-electron chi connectivity index (χ3n) is 3.14. The number of benzene rings is 1. The minimum Gasteiger partial charge on any atom is -0.396 e. The molecular weight excluding hydrogens is 260 g/mol. The van der Waals surface area contributed by atoms with Crippen molar-refractivity contribution in [2.75, 3.05) is 24.6 Å². The molecule has 0 amide bonds. The molecule has 0 aliphatic rings. The van der Waals surface area contributed by atoms with Crippen molar-refractivity contribution in [3.05, 3.63) is 28.8 Å². The average molecular weight is 285 g/mol. The molecule has 3 nitrogen and oxygen atoms in total. The van der Waals surface area contributed by atoms with E-state index in [1.807, 2.05) is 12.1 Å². The van der Waals surface area contributed by atoms with E-state index in [1.54, 1.807) is 0 Å². The van der Waals surface area contributed by atoms with Gasteiger partial charge in [0.15, 0.2) is 0 Å². The number of anilines is 1. The Labute approximate surface area is 121 Å². The quantitative estimate of drug-likeness (QED) is 0.770. The zero-order valence-electron chi connectivity index (χ0n) is 12.1. The Hall–Kier alpha value is -0.770. The van der Waals surface area contributed by atoms with Gasteiger partial charge in [-0.2, -0.15) is 0 Å². The molecule has 0 spiro atoms. The molecule has 2 N–H and O–H groups in total. The number of aliphatic hydroxyl groups excluding tert-OH is 1. The lowest BCUT2D eigenvalue weighted by atomic mass is 10.1.